The maximum atomic E-state index is 12.2. The molecule has 3 rings (SSSR count). The number of aliphatic carboxylic acids is 3. The Labute approximate surface area is 311 Å². The van der Waals surface area contributed by atoms with Crippen LogP contribution in [0.1, 0.15) is 32.8 Å². The largest absolute Gasteiger partial charge is 0.508 e. The number of carboxylic acids is 3. The number of aromatic hydroxyl groups is 1. The third-order valence-electron chi connectivity index (χ3n) is 6.42. The second-order valence-corrected chi connectivity index (χ2v) is 11.7. The molecule has 308 valence electrons. The van der Waals surface area contributed by atoms with Crippen LogP contribution in [-0.2, 0) is 25.7 Å². The van der Waals surface area contributed by atoms with Crippen molar-refractivity contribution in [1.82, 2.24) is 15.2 Å². The summed E-state index contributed by atoms with van der Waals surface area (Å²) in [5.74, 6) is -7.78. The molecule has 1 heterocycles. The van der Waals surface area contributed by atoms with Gasteiger partial charge in [0.25, 0.3) is 0 Å². The van der Waals surface area contributed by atoms with E-state index in [2.05, 4.69) is 27.4 Å². The van der Waals surface area contributed by atoms with E-state index in [1.165, 1.54) is 0 Å². The zero-order chi connectivity index (χ0) is 42.9. The number of hydrogen-bond donors (Lipinski definition) is 7. The van der Waals surface area contributed by atoms with Crippen molar-refractivity contribution >= 4 is 57.7 Å². The molecule has 0 aliphatic rings. The third kappa shape index (κ3) is 20.2. The second kappa shape index (κ2) is 22.3. The van der Waals surface area contributed by atoms with Gasteiger partial charge in [0.2, 0.25) is 5.91 Å². The molecule has 0 bridgehead atoms. The van der Waals surface area contributed by atoms with Gasteiger partial charge in [0.1, 0.15) is 5.75 Å². The molecule has 23 heteroatoms. The quantitative estimate of drug-likeness (QED) is 0.0810. The number of carbonyl (C=O) groups excluding carboxylic acids is 1. The van der Waals surface area contributed by atoms with Crippen LogP contribution in [0.5, 0.6) is 5.75 Å². The second-order valence-electron chi connectivity index (χ2n) is 11.3. The van der Waals surface area contributed by atoms with Gasteiger partial charge in [-0.25, -0.2) is 14.4 Å². The summed E-state index contributed by atoms with van der Waals surface area (Å²) >= 11 is 6.10. The lowest BCUT2D eigenvalue weighted by Crippen LogP contribution is -2.44. The number of phenolic OH excluding ortho intramolecular Hbond substituents is 1. The Kier molecular flexibility index (Phi) is 20.3. The van der Waals surface area contributed by atoms with Gasteiger partial charge in [0.05, 0.1) is 11.6 Å². The van der Waals surface area contributed by atoms with Gasteiger partial charge in [-0.05, 0) is 61.3 Å². The summed E-state index contributed by atoms with van der Waals surface area (Å²) < 4.78 is 95.2. The first kappa shape index (κ1) is 49.9. The Hall–Kier alpha value is -5.09. The highest BCUT2D eigenvalue weighted by molar-refractivity contribution is 6.31. The molecule has 0 saturated heterocycles. The van der Waals surface area contributed by atoms with Gasteiger partial charge < -0.3 is 36.8 Å². The number of phenols is 1. The minimum absolute atomic E-state index is 0.121. The molecule has 0 aliphatic heterocycles. The summed E-state index contributed by atoms with van der Waals surface area (Å²) in [6.07, 6.45) is -12.8. The number of aromatic nitrogens is 1. The van der Waals surface area contributed by atoms with Crippen LogP contribution in [0.2, 0.25) is 5.02 Å². The van der Waals surface area contributed by atoms with Crippen molar-refractivity contribution in [3.8, 4) is 5.75 Å². The fraction of sp³-hybridized carbons (Fsp3) is 0.406. The number of carboxylic acid groups (broad SMARTS) is 3. The van der Waals surface area contributed by atoms with E-state index in [0.717, 1.165) is 34.4 Å². The number of anilines is 2. The number of nitrogens with one attached hydrogen (secondary N) is 2. The Morgan fingerprint density at radius 2 is 1.36 bits per heavy atom. The summed E-state index contributed by atoms with van der Waals surface area (Å²) in [5, 5.41) is 39.8. The number of hydrogen-bond acceptors (Lipinski definition) is 9. The van der Waals surface area contributed by atoms with Gasteiger partial charge in [-0.1, -0.05) is 32.4 Å². The molecule has 0 radical (unpaired) electrons. The third-order valence-corrected chi connectivity index (χ3v) is 6.66. The minimum atomic E-state index is -5.08. The predicted molar refractivity (Wildman–Crippen MR) is 181 cm³/mol. The molecule has 1 amide bonds. The van der Waals surface area contributed by atoms with E-state index in [4.69, 9.17) is 47.0 Å². The highest BCUT2D eigenvalue weighted by atomic mass is 35.5. The molecular formula is C32H37ClF9N5O8. The molecule has 1 aromatic heterocycles. The number of alkyl halides is 9. The first-order valence-corrected chi connectivity index (χ1v) is 15.8. The van der Waals surface area contributed by atoms with Crippen molar-refractivity contribution in [3.05, 3.63) is 59.2 Å². The molecule has 2 aromatic carbocycles. The number of likely N-dealkylation sites (N-methyl/N-ethyl adjacent to an activating group) is 1. The first-order chi connectivity index (χ1) is 25.1. The van der Waals surface area contributed by atoms with Gasteiger partial charge in [0.15, 0.2) is 0 Å². The molecule has 0 spiro atoms. The summed E-state index contributed by atoms with van der Waals surface area (Å²) in [5.41, 5.74) is 9.34. The number of nitrogens with two attached hydrogens (primary N) is 1. The molecule has 0 fully saturated rings. The van der Waals surface area contributed by atoms with Crippen molar-refractivity contribution in [3.63, 3.8) is 0 Å². The number of carbonyl (C=O) groups is 4. The van der Waals surface area contributed by atoms with Crippen molar-refractivity contribution in [2.75, 3.05) is 25.0 Å². The van der Waals surface area contributed by atoms with E-state index < -0.39 is 42.5 Å². The smallest absolute Gasteiger partial charge is 0.490 e. The predicted octanol–water partition coefficient (Wildman–Crippen LogP) is 6.55. The SMILES string of the molecule is CCN(CCNC(=O)[C@@H](N)CC(C)C)Cc1cc(Nc2ccnc3cc(Cl)ccc23)ccc1O.O=C(O)C(F)(F)F.O=C(O)C(F)(F)F.O=C(O)C(F)(F)F. The van der Waals surface area contributed by atoms with Gasteiger partial charge in [-0.15, -0.1) is 0 Å². The highest BCUT2D eigenvalue weighted by Gasteiger charge is 2.39. The van der Waals surface area contributed by atoms with E-state index in [9.17, 15) is 49.4 Å². The summed E-state index contributed by atoms with van der Waals surface area (Å²) in [7, 11) is 0. The molecule has 0 saturated carbocycles. The number of benzene rings is 2. The van der Waals surface area contributed by atoms with E-state index in [-0.39, 0.29) is 11.7 Å². The molecule has 1 atom stereocenters. The maximum absolute atomic E-state index is 12.2. The van der Waals surface area contributed by atoms with E-state index in [1.807, 2.05) is 50.2 Å². The Morgan fingerprint density at radius 1 is 0.855 bits per heavy atom. The van der Waals surface area contributed by atoms with Gasteiger partial charge in [-0.3, -0.25) is 14.7 Å². The zero-order valence-corrected chi connectivity index (χ0v) is 29.7. The first-order valence-electron chi connectivity index (χ1n) is 15.4. The molecule has 55 heavy (non-hydrogen) atoms. The van der Waals surface area contributed by atoms with Crippen LogP contribution in [0, 0.1) is 5.92 Å². The lowest BCUT2D eigenvalue weighted by molar-refractivity contribution is -0.193. The van der Waals surface area contributed by atoms with Crippen LogP contribution in [0.3, 0.4) is 0 Å². The van der Waals surface area contributed by atoms with Crippen molar-refractivity contribution < 1.29 is 79.1 Å². The number of nitrogens with zero attached hydrogens (tertiary/aromatic N) is 2. The van der Waals surface area contributed by atoms with Crippen LogP contribution >= 0.6 is 11.6 Å². The summed E-state index contributed by atoms with van der Waals surface area (Å²) in [4.78, 5) is 45.4. The van der Waals surface area contributed by atoms with Crippen molar-refractivity contribution in [1.29, 1.82) is 0 Å². The Bertz CT molecular complexity index is 1670. The van der Waals surface area contributed by atoms with Crippen LogP contribution in [0.25, 0.3) is 10.9 Å². The monoisotopic (exact) mass is 825 g/mol. The van der Waals surface area contributed by atoms with Crippen LogP contribution in [-0.4, -0.2) is 98.3 Å². The molecule has 0 unspecified atom stereocenters. The van der Waals surface area contributed by atoms with Crippen molar-refractivity contribution in [2.45, 2.75) is 58.3 Å². The van der Waals surface area contributed by atoms with E-state index in [0.29, 0.717) is 37.0 Å². The van der Waals surface area contributed by atoms with Crippen LogP contribution in [0.15, 0.2) is 48.7 Å². The fourth-order valence-corrected chi connectivity index (χ4v) is 4.02. The summed E-state index contributed by atoms with van der Waals surface area (Å²) in [6, 6.07) is 12.5. The molecule has 3 aromatic rings. The normalized spacial score (nSPS) is 11.9. The average Bonchev–Trinajstić information content (AvgIpc) is 3.04. The minimum Gasteiger partial charge on any atom is -0.508 e. The zero-order valence-electron chi connectivity index (χ0n) is 29.0. The average molecular weight is 826 g/mol. The highest BCUT2D eigenvalue weighted by Crippen LogP contribution is 2.30. The molecule has 8 N–H and O–H groups in total. The van der Waals surface area contributed by atoms with Crippen LogP contribution in [0.4, 0.5) is 50.9 Å². The van der Waals surface area contributed by atoms with Gasteiger partial charge in [-0.2, -0.15) is 39.5 Å². The van der Waals surface area contributed by atoms with Gasteiger partial charge >= 0.3 is 36.4 Å². The number of amides is 1. The summed E-state index contributed by atoms with van der Waals surface area (Å²) in [6.45, 7) is 8.65. The number of pyridine rings is 1. The maximum Gasteiger partial charge on any atom is 0.490 e. The van der Waals surface area contributed by atoms with Crippen molar-refractivity contribution in [2.24, 2.45) is 11.7 Å². The number of fused-ring (bicyclic) bond motifs is 1. The standard InChI is InChI=1S/C26H34ClN5O2.3C2HF3O2/c1-4-32(12-11-30-26(34)22(28)13-17(2)3)16-18-14-20(6-8-25(18)33)31-23-9-10-29-24-15-19(27)5-7-21(23)24;3*3-2(4,5)1(6)7/h5-10,14-15,17,22,33H,4,11-13,16,28H2,1-3H3,(H,29,31)(H,30,34);3*(H,6,7)/t22-;;;/m0.../s1. The Morgan fingerprint density at radius 3 is 1.82 bits per heavy atom. The fourth-order valence-electron chi connectivity index (χ4n) is 3.85. The van der Waals surface area contributed by atoms with E-state index in [1.54, 1.807) is 12.3 Å². The van der Waals surface area contributed by atoms with Crippen LogP contribution < -0.4 is 16.4 Å². The van der Waals surface area contributed by atoms with Gasteiger partial charge in [0, 0.05) is 53.2 Å². The topological polar surface area (TPSA) is 215 Å². The lowest BCUT2D eigenvalue weighted by Gasteiger charge is -2.22. The lowest BCUT2D eigenvalue weighted by atomic mass is 10.0. The number of halogens is 10. The number of rotatable bonds is 11. The Balaban J connectivity index is 0.00000113. The molecule has 0 aliphatic carbocycles. The molecule has 13 nitrogen and oxygen atoms in total. The van der Waals surface area contributed by atoms with E-state index >= 15 is 0 Å². The molecular weight excluding hydrogens is 789 g/mol.